The van der Waals surface area contributed by atoms with E-state index < -0.39 is 10.0 Å². The predicted octanol–water partition coefficient (Wildman–Crippen LogP) is 2.97. The van der Waals surface area contributed by atoms with Crippen molar-refractivity contribution in [2.75, 3.05) is 29.8 Å². The minimum Gasteiger partial charge on any atom is -0.380 e. The summed E-state index contributed by atoms with van der Waals surface area (Å²) < 4.78 is 33.1. The van der Waals surface area contributed by atoms with Crippen LogP contribution in [0.2, 0.25) is 0 Å². The van der Waals surface area contributed by atoms with Crippen LogP contribution in [0.15, 0.2) is 53.4 Å². The van der Waals surface area contributed by atoms with Crippen LogP contribution in [0.25, 0.3) is 0 Å². The largest absolute Gasteiger partial charge is 0.380 e. The van der Waals surface area contributed by atoms with Gasteiger partial charge in [0.05, 0.1) is 11.7 Å². The van der Waals surface area contributed by atoms with Crippen molar-refractivity contribution in [3.05, 3.63) is 54.1 Å². The maximum atomic E-state index is 12.6. The summed E-state index contributed by atoms with van der Waals surface area (Å²) in [5.74, 6) is 0. The van der Waals surface area contributed by atoms with Crippen molar-refractivity contribution in [3.8, 4) is 6.07 Å². The van der Waals surface area contributed by atoms with Gasteiger partial charge in [-0.15, -0.1) is 0 Å². The van der Waals surface area contributed by atoms with Crippen molar-refractivity contribution in [1.29, 1.82) is 5.26 Å². The molecule has 0 spiro atoms. The molecule has 0 bridgehead atoms. The summed E-state index contributed by atoms with van der Waals surface area (Å²) in [6.07, 6.45) is 2.35. The summed E-state index contributed by atoms with van der Waals surface area (Å²) in [7, 11) is -2.09. The molecule has 2 aromatic carbocycles. The third-order valence-electron chi connectivity index (χ3n) is 4.49. The zero-order valence-electron chi connectivity index (χ0n) is 14.6. The average Bonchev–Trinajstić information content (AvgIpc) is 2.68. The topological polar surface area (TPSA) is 82.4 Å². The van der Waals surface area contributed by atoms with Gasteiger partial charge in [-0.1, -0.05) is 12.1 Å². The molecule has 0 aliphatic carbocycles. The summed E-state index contributed by atoms with van der Waals surface area (Å²) in [4.78, 5) is 2.21. The summed E-state index contributed by atoms with van der Waals surface area (Å²) in [5.41, 5.74) is 1.62. The molecule has 1 atom stereocenters. The van der Waals surface area contributed by atoms with E-state index in [-0.39, 0.29) is 16.6 Å². The normalized spacial score (nSPS) is 17.5. The van der Waals surface area contributed by atoms with Crippen LogP contribution in [0, 0.1) is 11.3 Å². The zero-order chi connectivity index (χ0) is 18.6. The lowest BCUT2D eigenvalue weighted by Crippen LogP contribution is -2.39. The van der Waals surface area contributed by atoms with Crippen LogP contribution in [0.5, 0.6) is 0 Å². The zero-order valence-corrected chi connectivity index (χ0v) is 15.4. The molecule has 1 aliphatic heterocycles. The molecule has 7 heteroatoms. The highest BCUT2D eigenvalue weighted by Crippen LogP contribution is 2.25. The molecular formula is C19H21N3O3S. The second-order valence-electron chi connectivity index (χ2n) is 6.21. The second kappa shape index (κ2) is 7.77. The number of hydrogen-bond acceptors (Lipinski definition) is 5. The Balaban J connectivity index is 1.76. The summed E-state index contributed by atoms with van der Waals surface area (Å²) in [5, 5.41) is 9.11. The number of hydrogen-bond donors (Lipinski definition) is 1. The van der Waals surface area contributed by atoms with E-state index in [1.54, 1.807) is 31.4 Å². The molecule has 1 aliphatic rings. The number of piperidine rings is 1. The van der Waals surface area contributed by atoms with Crippen LogP contribution < -0.4 is 9.62 Å². The van der Waals surface area contributed by atoms with E-state index in [2.05, 4.69) is 9.62 Å². The van der Waals surface area contributed by atoms with Gasteiger partial charge in [0.15, 0.2) is 0 Å². The fourth-order valence-electron chi connectivity index (χ4n) is 3.11. The Morgan fingerprint density at radius 2 is 1.92 bits per heavy atom. The first-order chi connectivity index (χ1) is 12.5. The Bertz CT molecular complexity index is 904. The molecule has 3 rings (SSSR count). The van der Waals surface area contributed by atoms with E-state index in [1.807, 2.05) is 18.2 Å². The standard InChI is InChI=1S/C19H21N3O3S/c1-25-18-6-4-12-22(14-18)17-10-8-16(9-11-17)21-26(23,24)19-7-3-2-5-15(19)13-20/h2-3,5,7-11,18,21H,4,6,12,14H2,1H3. The first kappa shape index (κ1) is 18.2. The number of benzene rings is 2. The number of methoxy groups -OCH3 is 1. The molecule has 1 N–H and O–H groups in total. The molecule has 0 aromatic heterocycles. The number of nitriles is 1. The monoisotopic (exact) mass is 371 g/mol. The Hall–Kier alpha value is -2.56. The van der Waals surface area contributed by atoms with Gasteiger partial charge in [0.1, 0.15) is 11.0 Å². The minimum absolute atomic E-state index is 0.0226. The first-order valence-corrected chi connectivity index (χ1v) is 9.91. The molecule has 136 valence electrons. The Labute approximate surface area is 154 Å². The SMILES string of the molecule is COC1CCCN(c2ccc(NS(=O)(=O)c3ccccc3C#N)cc2)C1. The van der Waals surface area contributed by atoms with Crippen molar-refractivity contribution in [1.82, 2.24) is 0 Å². The van der Waals surface area contributed by atoms with Crippen molar-refractivity contribution in [2.24, 2.45) is 0 Å². The average molecular weight is 371 g/mol. The molecule has 26 heavy (non-hydrogen) atoms. The highest BCUT2D eigenvalue weighted by atomic mass is 32.2. The molecule has 1 unspecified atom stereocenters. The van der Waals surface area contributed by atoms with Crippen LogP contribution in [0.3, 0.4) is 0 Å². The van der Waals surface area contributed by atoms with Crippen molar-refractivity contribution < 1.29 is 13.2 Å². The Morgan fingerprint density at radius 1 is 1.19 bits per heavy atom. The molecule has 1 saturated heterocycles. The maximum absolute atomic E-state index is 12.6. The number of nitrogens with zero attached hydrogens (tertiary/aromatic N) is 2. The lowest BCUT2D eigenvalue weighted by Gasteiger charge is -2.33. The van der Waals surface area contributed by atoms with Crippen molar-refractivity contribution >= 4 is 21.4 Å². The molecule has 0 amide bonds. The van der Waals surface area contributed by atoms with E-state index >= 15 is 0 Å². The van der Waals surface area contributed by atoms with Gasteiger partial charge in [-0.2, -0.15) is 5.26 Å². The van der Waals surface area contributed by atoms with E-state index in [9.17, 15) is 8.42 Å². The van der Waals surface area contributed by atoms with Gasteiger partial charge >= 0.3 is 0 Å². The van der Waals surface area contributed by atoms with Crippen LogP contribution in [-0.2, 0) is 14.8 Å². The van der Waals surface area contributed by atoms with Gasteiger partial charge in [0.2, 0.25) is 0 Å². The van der Waals surface area contributed by atoms with Crippen LogP contribution >= 0.6 is 0 Å². The van der Waals surface area contributed by atoms with Gasteiger partial charge < -0.3 is 9.64 Å². The third kappa shape index (κ3) is 3.98. The number of sulfonamides is 1. The van der Waals surface area contributed by atoms with E-state index in [0.29, 0.717) is 5.69 Å². The Morgan fingerprint density at radius 3 is 2.62 bits per heavy atom. The van der Waals surface area contributed by atoms with Gasteiger partial charge in [-0.3, -0.25) is 4.72 Å². The molecule has 0 radical (unpaired) electrons. The first-order valence-electron chi connectivity index (χ1n) is 8.43. The molecule has 6 nitrogen and oxygen atoms in total. The number of ether oxygens (including phenoxy) is 1. The van der Waals surface area contributed by atoms with Gasteiger partial charge in [0.25, 0.3) is 10.0 Å². The smallest absolute Gasteiger partial charge is 0.263 e. The van der Waals surface area contributed by atoms with Gasteiger partial charge in [0, 0.05) is 31.6 Å². The number of rotatable bonds is 5. The van der Waals surface area contributed by atoms with Gasteiger partial charge in [-0.25, -0.2) is 8.42 Å². The molecule has 1 fully saturated rings. The second-order valence-corrected chi connectivity index (χ2v) is 7.86. The summed E-state index contributed by atoms with van der Waals surface area (Å²) in [6, 6.07) is 15.3. The minimum atomic E-state index is -3.81. The quantitative estimate of drug-likeness (QED) is 0.874. The Kier molecular flexibility index (Phi) is 5.45. The lowest BCUT2D eigenvalue weighted by atomic mass is 10.1. The highest BCUT2D eigenvalue weighted by Gasteiger charge is 2.21. The van der Waals surface area contributed by atoms with E-state index in [1.165, 1.54) is 12.1 Å². The van der Waals surface area contributed by atoms with Crippen molar-refractivity contribution in [3.63, 3.8) is 0 Å². The number of nitrogens with one attached hydrogen (secondary N) is 1. The molecule has 1 heterocycles. The van der Waals surface area contributed by atoms with Gasteiger partial charge in [-0.05, 0) is 49.2 Å². The van der Waals surface area contributed by atoms with Crippen molar-refractivity contribution in [2.45, 2.75) is 23.8 Å². The molecule has 0 saturated carbocycles. The fraction of sp³-hybridized carbons (Fsp3) is 0.316. The van der Waals surface area contributed by atoms with E-state index in [4.69, 9.17) is 10.00 Å². The summed E-state index contributed by atoms with van der Waals surface area (Å²) >= 11 is 0. The third-order valence-corrected chi connectivity index (χ3v) is 5.93. The van der Waals surface area contributed by atoms with Crippen LogP contribution in [-0.4, -0.2) is 34.7 Å². The van der Waals surface area contributed by atoms with Crippen LogP contribution in [0.1, 0.15) is 18.4 Å². The predicted molar refractivity (Wildman–Crippen MR) is 101 cm³/mol. The highest BCUT2D eigenvalue weighted by molar-refractivity contribution is 7.92. The fourth-order valence-corrected chi connectivity index (χ4v) is 4.33. The van der Waals surface area contributed by atoms with Crippen LogP contribution in [0.4, 0.5) is 11.4 Å². The summed E-state index contributed by atoms with van der Waals surface area (Å²) in [6.45, 7) is 1.79. The van der Waals surface area contributed by atoms with E-state index in [0.717, 1.165) is 31.6 Å². The lowest BCUT2D eigenvalue weighted by molar-refractivity contribution is 0.0893. The number of anilines is 2. The maximum Gasteiger partial charge on any atom is 0.263 e. The molecular weight excluding hydrogens is 350 g/mol. The molecule has 2 aromatic rings.